The zero-order valence-corrected chi connectivity index (χ0v) is 9.13. The minimum atomic E-state index is -0.357. The zero-order valence-electron chi connectivity index (χ0n) is 9.13. The molecule has 0 aliphatic rings. The molecule has 0 bridgehead atoms. The summed E-state index contributed by atoms with van der Waals surface area (Å²) in [5.74, 6) is -0.357. The average Bonchev–Trinajstić information content (AvgIpc) is 2.28. The van der Waals surface area contributed by atoms with Crippen LogP contribution in [0.4, 0.5) is 0 Å². The van der Waals surface area contributed by atoms with E-state index in [1.807, 2.05) is 24.3 Å². The molecular weight excluding hydrogens is 204 g/mol. The van der Waals surface area contributed by atoms with Gasteiger partial charge in [-0.2, -0.15) is 0 Å². The number of amides is 1. The summed E-state index contributed by atoms with van der Waals surface area (Å²) in [6.07, 6.45) is 0. The highest BCUT2D eigenvalue weighted by atomic mass is 16.2. The van der Waals surface area contributed by atoms with Crippen molar-refractivity contribution in [3.05, 3.63) is 45.7 Å². The number of carbonyl (C=O) groups is 1. The number of rotatable bonds is 1. The van der Waals surface area contributed by atoms with Crippen molar-refractivity contribution in [1.82, 2.24) is 10.3 Å². The average molecular weight is 216 g/mol. The highest BCUT2D eigenvalue weighted by molar-refractivity contribution is 5.99. The van der Waals surface area contributed by atoms with E-state index in [0.29, 0.717) is 5.56 Å². The van der Waals surface area contributed by atoms with Crippen LogP contribution in [0.25, 0.3) is 10.9 Å². The molecule has 1 heterocycles. The van der Waals surface area contributed by atoms with Crippen molar-refractivity contribution in [3.63, 3.8) is 0 Å². The second-order valence-corrected chi connectivity index (χ2v) is 3.58. The van der Waals surface area contributed by atoms with Crippen molar-refractivity contribution in [2.45, 2.75) is 6.92 Å². The molecule has 0 aliphatic heterocycles. The Labute approximate surface area is 92.3 Å². The quantitative estimate of drug-likeness (QED) is 0.752. The van der Waals surface area contributed by atoms with Crippen LogP contribution in [0.1, 0.15) is 15.9 Å². The van der Waals surface area contributed by atoms with Crippen LogP contribution in [0, 0.1) is 6.92 Å². The molecule has 2 N–H and O–H groups in total. The van der Waals surface area contributed by atoms with Crippen LogP contribution >= 0.6 is 0 Å². The number of benzene rings is 1. The second-order valence-electron chi connectivity index (χ2n) is 3.58. The van der Waals surface area contributed by atoms with Gasteiger partial charge in [0.25, 0.3) is 11.5 Å². The maximum Gasteiger partial charge on any atom is 0.261 e. The highest BCUT2D eigenvalue weighted by Crippen LogP contribution is 2.16. The van der Waals surface area contributed by atoms with E-state index >= 15 is 0 Å². The van der Waals surface area contributed by atoms with Gasteiger partial charge in [0.15, 0.2) is 0 Å². The minimum Gasteiger partial charge on any atom is -0.355 e. The standard InChI is InChI=1S/C12H12N2O2/c1-7-8-5-3-4-6-9(8)14-12(16)10(7)11(15)13-2/h3-6H,1-2H3,(H,13,15)(H,14,16). The predicted octanol–water partition coefficient (Wildman–Crippen LogP) is 1.20. The Bertz CT molecular complexity index is 614. The normalized spacial score (nSPS) is 10.4. The van der Waals surface area contributed by atoms with Crippen LogP contribution in [0.15, 0.2) is 29.1 Å². The number of H-pyrrole nitrogens is 1. The Balaban J connectivity index is 2.86. The number of fused-ring (bicyclic) bond motifs is 1. The second kappa shape index (κ2) is 3.81. The molecule has 0 saturated heterocycles. The summed E-state index contributed by atoms with van der Waals surface area (Å²) in [5.41, 5.74) is 1.29. The molecule has 0 unspecified atom stereocenters. The van der Waals surface area contributed by atoms with E-state index in [2.05, 4.69) is 10.3 Å². The summed E-state index contributed by atoms with van der Waals surface area (Å²) in [5, 5.41) is 3.36. The number of carbonyl (C=O) groups excluding carboxylic acids is 1. The lowest BCUT2D eigenvalue weighted by molar-refractivity contribution is 0.0961. The summed E-state index contributed by atoms with van der Waals surface area (Å²) in [4.78, 5) is 26.0. The van der Waals surface area contributed by atoms with Crippen molar-refractivity contribution < 1.29 is 4.79 Å². The molecule has 2 rings (SSSR count). The first-order valence-electron chi connectivity index (χ1n) is 4.99. The van der Waals surface area contributed by atoms with Gasteiger partial charge in [0, 0.05) is 18.0 Å². The van der Waals surface area contributed by atoms with E-state index in [9.17, 15) is 9.59 Å². The fourth-order valence-electron chi connectivity index (χ4n) is 1.81. The van der Waals surface area contributed by atoms with Gasteiger partial charge in [-0.3, -0.25) is 9.59 Å². The lowest BCUT2D eigenvalue weighted by Crippen LogP contribution is -2.28. The molecule has 82 valence electrons. The molecule has 0 spiro atoms. The third-order valence-electron chi connectivity index (χ3n) is 2.64. The van der Waals surface area contributed by atoms with Crippen molar-refractivity contribution in [1.29, 1.82) is 0 Å². The first kappa shape index (κ1) is 10.4. The number of nitrogens with one attached hydrogen (secondary N) is 2. The number of pyridine rings is 1. The molecule has 0 fully saturated rings. The predicted molar refractivity (Wildman–Crippen MR) is 62.7 cm³/mol. The van der Waals surface area contributed by atoms with E-state index < -0.39 is 0 Å². The van der Waals surface area contributed by atoms with Gasteiger partial charge in [0.2, 0.25) is 0 Å². The van der Waals surface area contributed by atoms with Crippen LogP contribution in [0.5, 0.6) is 0 Å². The third-order valence-corrected chi connectivity index (χ3v) is 2.64. The SMILES string of the molecule is CNC(=O)c1c(C)c2ccccc2[nH]c1=O. The van der Waals surface area contributed by atoms with E-state index in [4.69, 9.17) is 0 Å². The summed E-state index contributed by atoms with van der Waals surface area (Å²) >= 11 is 0. The van der Waals surface area contributed by atoms with Gasteiger partial charge in [0.1, 0.15) is 5.56 Å². The Hall–Kier alpha value is -2.10. The number of hydrogen-bond donors (Lipinski definition) is 2. The zero-order chi connectivity index (χ0) is 11.7. The molecule has 1 aromatic carbocycles. The Morgan fingerprint density at radius 2 is 2.00 bits per heavy atom. The molecule has 4 heteroatoms. The lowest BCUT2D eigenvalue weighted by Gasteiger charge is -2.06. The Morgan fingerprint density at radius 1 is 1.31 bits per heavy atom. The molecule has 0 atom stereocenters. The van der Waals surface area contributed by atoms with Gasteiger partial charge in [-0.1, -0.05) is 18.2 Å². The van der Waals surface area contributed by atoms with Crippen LogP contribution in [-0.2, 0) is 0 Å². The fourth-order valence-corrected chi connectivity index (χ4v) is 1.81. The molecule has 0 saturated carbocycles. The number of para-hydroxylation sites is 1. The first-order valence-corrected chi connectivity index (χ1v) is 4.99. The molecular formula is C12H12N2O2. The van der Waals surface area contributed by atoms with Crippen LogP contribution < -0.4 is 10.9 Å². The van der Waals surface area contributed by atoms with Crippen LogP contribution in [0.3, 0.4) is 0 Å². The van der Waals surface area contributed by atoms with Crippen molar-refractivity contribution in [2.75, 3.05) is 7.05 Å². The molecule has 0 radical (unpaired) electrons. The monoisotopic (exact) mass is 216 g/mol. The lowest BCUT2D eigenvalue weighted by atomic mass is 10.0. The Morgan fingerprint density at radius 3 is 2.69 bits per heavy atom. The molecule has 16 heavy (non-hydrogen) atoms. The van der Waals surface area contributed by atoms with E-state index in [-0.39, 0.29) is 17.0 Å². The smallest absolute Gasteiger partial charge is 0.261 e. The maximum absolute atomic E-state index is 11.7. The van der Waals surface area contributed by atoms with Crippen molar-refractivity contribution in [2.24, 2.45) is 0 Å². The van der Waals surface area contributed by atoms with E-state index in [0.717, 1.165) is 10.9 Å². The number of aromatic amines is 1. The molecule has 1 amide bonds. The summed E-state index contributed by atoms with van der Waals surface area (Å²) in [6.45, 7) is 1.78. The maximum atomic E-state index is 11.7. The van der Waals surface area contributed by atoms with E-state index in [1.165, 1.54) is 7.05 Å². The highest BCUT2D eigenvalue weighted by Gasteiger charge is 2.14. The minimum absolute atomic E-state index is 0.182. The topological polar surface area (TPSA) is 62.0 Å². The van der Waals surface area contributed by atoms with Crippen molar-refractivity contribution >= 4 is 16.8 Å². The van der Waals surface area contributed by atoms with Gasteiger partial charge in [-0.25, -0.2) is 0 Å². The van der Waals surface area contributed by atoms with Crippen LogP contribution in [0.2, 0.25) is 0 Å². The molecule has 2 aromatic rings. The van der Waals surface area contributed by atoms with E-state index in [1.54, 1.807) is 6.92 Å². The number of aromatic nitrogens is 1. The summed E-state index contributed by atoms with van der Waals surface area (Å²) in [7, 11) is 1.51. The van der Waals surface area contributed by atoms with Gasteiger partial charge >= 0.3 is 0 Å². The summed E-state index contributed by atoms with van der Waals surface area (Å²) < 4.78 is 0. The number of aryl methyl sites for hydroxylation is 1. The third kappa shape index (κ3) is 1.48. The fraction of sp³-hybridized carbons (Fsp3) is 0.167. The Kier molecular flexibility index (Phi) is 2.48. The van der Waals surface area contributed by atoms with Crippen LogP contribution in [-0.4, -0.2) is 17.9 Å². The number of hydrogen-bond acceptors (Lipinski definition) is 2. The summed E-state index contributed by atoms with van der Waals surface area (Å²) in [6, 6.07) is 7.42. The van der Waals surface area contributed by atoms with Gasteiger partial charge in [0.05, 0.1) is 0 Å². The van der Waals surface area contributed by atoms with Gasteiger partial charge in [-0.05, 0) is 18.6 Å². The van der Waals surface area contributed by atoms with Crippen molar-refractivity contribution in [3.8, 4) is 0 Å². The van der Waals surface area contributed by atoms with Gasteiger partial charge < -0.3 is 10.3 Å². The molecule has 1 aromatic heterocycles. The first-order chi connectivity index (χ1) is 7.65. The largest absolute Gasteiger partial charge is 0.355 e. The molecule has 4 nitrogen and oxygen atoms in total. The van der Waals surface area contributed by atoms with Gasteiger partial charge in [-0.15, -0.1) is 0 Å². The molecule has 0 aliphatic carbocycles.